The first-order chi connectivity index (χ1) is 11.6. The molecule has 1 atom stereocenters. The summed E-state index contributed by atoms with van der Waals surface area (Å²) in [6.45, 7) is 3.66. The third-order valence-electron chi connectivity index (χ3n) is 3.66. The Morgan fingerprint density at radius 3 is 2.67 bits per heavy atom. The fourth-order valence-corrected chi connectivity index (χ4v) is 2.29. The van der Waals surface area contributed by atoms with E-state index < -0.39 is 6.04 Å². The summed E-state index contributed by atoms with van der Waals surface area (Å²) < 4.78 is 5.12. The number of esters is 1. The first kappa shape index (κ1) is 17.9. The highest BCUT2D eigenvalue weighted by Gasteiger charge is 2.24. The van der Waals surface area contributed by atoms with Crippen molar-refractivity contribution in [3.63, 3.8) is 0 Å². The third kappa shape index (κ3) is 5.34. The number of nitrogens with one attached hydrogen (secondary N) is 3. The van der Waals surface area contributed by atoms with Gasteiger partial charge in [-0.05, 0) is 30.7 Å². The summed E-state index contributed by atoms with van der Waals surface area (Å²) in [7, 11) is 0. The van der Waals surface area contributed by atoms with Crippen molar-refractivity contribution in [2.75, 3.05) is 25.0 Å². The molecule has 1 fully saturated rings. The highest BCUT2D eigenvalue weighted by molar-refractivity contribution is 5.96. The standard InChI is InChI=1S/C17H23N3O4/c1-2-3-10-24-17(23)12-4-6-13(7-5-12)20-15(21)11-14-16(22)19-9-8-18-14/h4-7,14,18H,2-3,8-11H2,1H3,(H,19,22)(H,20,21)/t14-/m1/s1. The van der Waals surface area contributed by atoms with E-state index in [1.807, 2.05) is 6.92 Å². The number of carbonyl (C=O) groups excluding carboxylic acids is 3. The van der Waals surface area contributed by atoms with E-state index in [0.29, 0.717) is 30.9 Å². The zero-order chi connectivity index (χ0) is 17.4. The van der Waals surface area contributed by atoms with Gasteiger partial charge in [0.25, 0.3) is 0 Å². The van der Waals surface area contributed by atoms with Crippen molar-refractivity contribution < 1.29 is 19.1 Å². The number of anilines is 1. The van der Waals surface area contributed by atoms with Crippen molar-refractivity contribution in [2.45, 2.75) is 32.2 Å². The molecule has 0 spiro atoms. The minimum Gasteiger partial charge on any atom is -0.462 e. The van der Waals surface area contributed by atoms with Gasteiger partial charge in [-0.1, -0.05) is 13.3 Å². The molecular weight excluding hydrogens is 310 g/mol. The molecular formula is C17H23N3O4. The Labute approximate surface area is 141 Å². The molecule has 24 heavy (non-hydrogen) atoms. The largest absolute Gasteiger partial charge is 0.462 e. The number of piperazine rings is 1. The second-order valence-electron chi connectivity index (χ2n) is 5.62. The van der Waals surface area contributed by atoms with E-state index in [0.717, 1.165) is 12.8 Å². The van der Waals surface area contributed by atoms with Crippen LogP contribution in [0.4, 0.5) is 5.69 Å². The molecule has 1 aromatic rings. The first-order valence-corrected chi connectivity index (χ1v) is 8.18. The van der Waals surface area contributed by atoms with E-state index in [9.17, 15) is 14.4 Å². The van der Waals surface area contributed by atoms with Gasteiger partial charge in [0, 0.05) is 18.8 Å². The van der Waals surface area contributed by atoms with Gasteiger partial charge in [0.1, 0.15) is 0 Å². The molecule has 0 radical (unpaired) electrons. The number of hydrogen-bond acceptors (Lipinski definition) is 5. The molecule has 1 saturated heterocycles. The molecule has 0 saturated carbocycles. The molecule has 2 amide bonds. The number of ether oxygens (including phenoxy) is 1. The van der Waals surface area contributed by atoms with E-state index in [-0.39, 0.29) is 24.2 Å². The summed E-state index contributed by atoms with van der Waals surface area (Å²) in [6.07, 6.45) is 1.86. The minimum absolute atomic E-state index is 0.0621. The lowest BCUT2D eigenvalue weighted by molar-refractivity contribution is -0.127. The monoisotopic (exact) mass is 333 g/mol. The van der Waals surface area contributed by atoms with Crippen LogP contribution < -0.4 is 16.0 Å². The van der Waals surface area contributed by atoms with Crippen LogP contribution in [0.1, 0.15) is 36.5 Å². The molecule has 7 heteroatoms. The minimum atomic E-state index is -0.508. The summed E-state index contributed by atoms with van der Waals surface area (Å²) in [5.74, 6) is -0.797. The quantitative estimate of drug-likeness (QED) is 0.512. The lowest BCUT2D eigenvalue weighted by atomic mass is 10.1. The molecule has 0 bridgehead atoms. The molecule has 0 aliphatic carbocycles. The average molecular weight is 333 g/mol. The van der Waals surface area contributed by atoms with Gasteiger partial charge in [0.15, 0.2) is 0 Å². The van der Waals surface area contributed by atoms with E-state index >= 15 is 0 Å². The zero-order valence-electron chi connectivity index (χ0n) is 13.8. The van der Waals surface area contributed by atoms with Crippen LogP contribution in [-0.4, -0.2) is 43.5 Å². The summed E-state index contributed by atoms with van der Waals surface area (Å²) in [4.78, 5) is 35.4. The van der Waals surface area contributed by atoms with E-state index in [4.69, 9.17) is 4.74 Å². The van der Waals surface area contributed by atoms with Crippen LogP contribution in [-0.2, 0) is 14.3 Å². The van der Waals surface area contributed by atoms with Crippen molar-refractivity contribution >= 4 is 23.5 Å². The fraction of sp³-hybridized carbons (Fsp3) is 0.471. The maximum absolute atomic E-state index is 12.0. The van der Waals surface area contributed by atoms with Crippen LogP contribution >= 0.6 is 0 Å². The van der Waals surface area contributed by atoms with Gasteiger partial charge in [0.05, 0.1) is 24.6 Å². The SMILES string of the molecule is CCCCOC(=O)c1ccc(NC(=O)C[C@H]2NCCNC2=O)cc1. The molecule has 3 N–H and O–H groups in total. The molecule has 130 valence electrons. The van der Waals surface area contributed by atoms with Gasteiger partial charge in [-0.3, -0.25) is 9.59 Å². The Bertz CT molecular complexity index is 586. The van der Waals surface area contributed by atoms with Crippen molar-refractivity contribution in [2.24, 2.45) is 0 Å². The van der Waals surface area contributed by atoms with Crippen molar-refractivity contribution in [1.29, 1.82) is 0 Å². The van der Waals surface area contributed by atoms with Crippen LogP contribution in [0.15, 0.2) is 24.3 Å². The van der Waals surface area contributed by atoms with Crippen LogP contribution in [0.25, 0.3) is 0 Å². The maximum atomic E-state index is 12.0. The first-order valence-electron chi connectivity index (χ1n) is 8.18. The third-order valence-corrected chi connectivity index (χ3v) is 3.66. The molecule has 0 aromatic heterocycles. The van der Waals surface area contributed by atoms with Crippen LogP contribution in [0.2, 0.25) is 0 Å². The Kier molecular flexibility index (Phi) is 6.74. The van der Waals surface area contributed by atoms with E-state index in [2.05, 4.69) is 16.0 Å². The highest BCUT2D eigenvalue weighted by atomic mass is 16.5. The van der Waals surface area contributed by atoms with Crippen molar-refractivity contribution in [3.8, 4) is 0 Å². The molecule has 1 aromatic carbocycles. The van der Waals surface area contributed by atoms with Gasteiger partial charge in [-0.25, -0.2) is 4.79 Å². The fourth-order valence-electron chi connectivity index (χ4n) is 2.29. The van der Waals surface area contributed by atoms with Gasteiger partial charge >= 0.3 is 5.97 Å². The predicted octanol–water partition coefficient (Wildman–Crippen LogP) is 1.06. The second kappa shape index (κ2) is 9.02. The van der Waals surface area contributed by atoms with E-state index in [1.165, 1.54) is 0 Å². The lowest BCUT2D eigenvalue weighted by Crippen LogP contribution is -2.53. The summed E-state index contributed by atoms with van der Waals surface area (Å²) in [6, 6.07) is 5.99. The molecule has 1 aliphatic heterocycles. The number of carbonyl (C=O) groups is 3. The van der Waals surface area contributed by atoms with E-state index in [1.54, 1.807) is 24.3 Å². The Morgan fingerprint density at radius 2 is 2.00 bits per heavy atom. The average Bonchev–Trinajstić information content (AvgIpc) is 2.58. The number of rotatable bonds is 7. The predicted molar refractivity (Wildman–Crippen MR) is 89.7 cm³/mol. The maximum Gasteiger partial charge on any atom is 0.338 e. The van der Waals surface area contributed by atoms with Gasteiger partial charge in [-0.15, -0.1) is 0 Å². The lowest BCUT2D eigenvalue weighted by Gasteiger charge is -2.22. The van der Waals surface area contributed by atoms with Gasteiger partial charge in [-0.2, -0.15) is 0 Å². The van der Waals surface area contributed by atoms with Gasteiger partial charge in [0.2, 0.25) is 11.8 Å². The molecule has 1 aliphatic rings. The van der Waals surface area contributed by atoms with Crippen LogP contribution in [0.3, 0.4) is 0 Å². The van der Waals surface area contributed by atoms with Crippen LogP contribution in [0, 0.1) is 0 Å². The number of hydrogen-bond donors (Lipinski definition) is 3. The van der Waals surface area contributed by atoms with Crippen molar-refractivity contribution in [1.82, 2.24) is 10.6 Å². The highest BCUT2D eigenvalue weighted by Crippen LogP contribution is 2.12. The molecule has 1 heterocycles. The number of benzene rings is 1. The summed E-state index contributed by atoms with van der Waals surface area (Å²) in [5, 5.41) is 8.43. The Balaban J connectivity index is 1.83. The topological polar surface area (TPSA) is 96.5 Å². The Morgan fingerprint density at radius 1 is 1.25 bits per heavy atom. The summed E-state index contributed by atoms with van der Waals surface area (Å²) in [5.41, 5.74) is 1.01. The summed E-state index contributed by atoms with van der Waals surface area (Å²) >= 11 is 0. The number of amides is 2. The smallest absolute Gasteiger partial charge is 0.338 e. The molecule has 2 rings (SSSR count). The normalized spacial score (nSPS) is 17.0. The van der Waals surface area contributed by atoms with Crippen molar-refractivity contribution in [3.05, 3.63) is 29.8 Å². The molecule has 0 unspecified atom stereocenters. The Hall–Kier alpha value is -2.41. The molecule has 7 nitrogen and oxygen atoms in total. The zero-order valence-corrected chi connectivity index (χ0v) is 13.8. The van der Waals surface area contributed by atoms with Crippen LogP contribution in [0.5, 0.6) is 0 Å². The second-order valence-corrected chi connectivity index (χ2v) is 5.62. The number of unbranched alkanes of at least 4 members (excludes halogenated alkanes) is 1. The van der Waals surface area contributed by atoms with Gasteiger partial charge < -0.3 is 20.7 Å².